The first-order chi connectivity index (χ1) is 10.7. The van der Waals surface area contributed by atoms with Crippen molar-refractivity contribution < 1.29 is 0 Å². The quantitative estimate of drug-likeness (QED) is 0.855. The lowest BCUT2D eigenvalue weighted by Gasteiger charge is -2.29. The highest BCUT2D eigenvalue weighted by Crippen LogP contribution is 2.38. The molecule has 1 N–H and O–H groups in total. The van der Waals surface area contributed by atoms with Crippen LogP contribution in [-0.2, 0) is 12.0 Å². The number of benzene rings is 2. The summed E-state index contributed by atoms with van der Waals surface area (Å²) in [5.41, 5.74) is 4.45. The molecule has 0 saturated heterocycles. The lowest BCUT2D eigenvalue weighted by Crippen LogP contribution is -2.32. The topological polar surface area (TPSA) is 15.3 Å². The van der Waals surface area contributed by atoms with E-state index in [1.165, 1.54) is 23.2 Å². The van der Waals surface area contributed by atoms with E-state index in [1.54, 1.807) is 0 Å². The smallest absolute Gasteiger partial charge is 0.0379 e. The lowest BCUT2D eigenvalue weighted by molar-refractivity contribution is 0.251. The van der Waals surface area contributed by atoms with Crippen molar-refractivity contribution in [2.45, 2.75) is 32.2 Å². The molecule has 3 rings (SSSR count). The minimum absolute atomic E-state index is 0.251. The zero-order valence-electron chi connectivity index (χ0n) is 13.7. The monoisotopic (exact) mass is 294 g/mol. The standard InChI is InChI=1S/C20H26N2/c1-3-22(15-17-9-5-4-6-10-17)14-13-20(2)16-21-19-12-8-7-11-18(19)20/h4-12,21H,3,13-16H2,1-2H3. The Morgan fingerprint density at radius 3 is 2.55 bits per heavy atom. The van der Waals surface area contributed by atoms with Crippen LogP contribution in [0.4, 0.5) is 5.69 Å². The molecule has 116 valence electrons. The van der Waals surface area contributed by atoms with Gasteiger partial charge in [-0.25, -0.2) is 0 Å². The van der Waals surface area contributed by atoms with Gasteiger partial charge in [-0.1, -0.05) is 62.4 Å². The molecule has 0 amide bonds. The van der Waals surface area contributed by atoms with E-state index >= 15 is 0 Å². The van der Waals surface area contributed by atoms with Crippen molar-refractivity contribution in [2.24, 2.45) is 0 Å². The van der Waals surface area contributed by atoms with Crippen molar-refractivity contribution >= 4 is 5.69 Å². The Morgan fingerprint density at radius 2 is 1.77 bits per heavy atom. The van der Waals surface area contributed by atoms with E-state index in [-0.39, 0.29) is 5.41 Å². The van der Waals surface area contributed by atoms with E-state index in [4.69, 9.17) is 0 Å². The molecule has 0 fully saturated rings. The Kier molecular flexibility index (Phi) is 4.49. The minimum atomic E-state index is 0.251. The van der Waals surface area contributed by atoms with Crippen molar-refractivity contribution in [1.82, 2.24) is 4.90 Å². The van der Waals surface area contributed by atoms with Crippen LogP contribution in [-0.4, -0.2) is 24.5 Å². The lowest BCUT2D eigenvalue weighted by atomic mass is 9.81. The molecule has 1 aliphatic heterocycles. The second kappa shape index (κ2) is 6.53. The van der Waals surface area contributed by atoms with Gasteiger partial charge in [-0.05, 0) is 36.7 Å². The first kappa shape index (κ1) is 15.1. The molecule has 0 saturated carbocycles. The Labute approximate surface area is 134 Å². The highest BCUT2D eigenvalue weighted by Gasteiger charge is 2.33. The molecule has 0 aliphatic carbocycles. The average molecular weight is 294 g/mol. The predicted octanol–water partition coefficient (Wildman–Crippen LogP) is 4.28. The molecule has 0 spiro atoms. The molecule has 1 unspecified atom stereocenters. The summed E-state index contributed by atoms with van der Waals surface area (Å²) < 4.78 is 0. The highest BCUT2D eigenvalue weighted by molar-refractivity contribution is 5.59. The second-order valence-electron chi connectivity index (χ2n) is 6.56. The van der Waals surface area contributed by atoms with Gasteiger partial charge in [0.1, 0.15) is 0 Å². The normalized spacial score (nSPS) is 20.0. The fourth-order valence-electron chi connectivity index (χ4n) is 3.37. The molecule has 2 aromatic rings. The van der Waals surface area contributed by atoms with Gasteiger partial charge in [-0.2, -0.15) is 0 Å². The number of hydrogen-bond donors (Lipinski definition) is 1. The van der Waals surface area contributed by atoms with Crippen molar-refractivity contribution in [3.63, 3.8) is 0 Å². The molecule has 0 radical (unpaired) electrons. The number of hydrogen-bond acceptors (Lipinski definition) is 2. The first-order valence-electron chi connectivity index (χ1n) is 8.31. The zero-order valence-corrected chi connectivity index (χ0v) is 13.7. The minimum Gasteiger partial charge on any atom is -0.384 e. The summed E-state index contributed by atoms with van der Waals surface area (Å²) in [4.78, 5) is 2.54. The van der Waals surface area contributed by atoms with Crippen LogP contribution < -0.4 is 5.32 Å². The van der Waals surface area contributed by atoms with E-state index in [9.17, 15) is 0 Å². The molecule has 1 aliphatic rings. The fourth-order valence-corrected chi connectivity index (χ4v) is 3.37. The molecular formula is C20H26N2. The second-order valence-corrected chi connectivity index (χ2v) is 6.56. The van der Waals surface area contributed by atoms with Crippen molar-refractivity contribution in [3.8, 4) is 0 Å². The fraction of sp³-hybridized carbons (Fsp3) is 0.400. The van der Waals surface area contributed by atoms with E-state index in [0.29, 0.717) is 0 Å². The van der Waals surface area contributed by atoms with Gasteiger partial charge in [0.25, 0.3) is 0 Å². The average Bonchev–Trinajstić information content (AvgIpc) is 2.90. The van der Waals surface area contributed by atoms with Crippen molar-refractivity contribution in [3.05, 3.63) is 65.7 Å². The number of rotatable bonds is 6. The maximum absolute atomic E-state index is 3.56. The van der Waals surface area contributed by atoms with E-state index in [0.717, 1.165) is 26.2 Å². The van der Waals surface area contributed by atoms with Crippen LogP contribution in [0.5, 0.6) is 0 Å². The molecule has 2 nitrogen and oxygen atoms in total. The summed E-state index contributed by atoms with van der Waals surface area (Å²) >= 11 is 0. The Bertz CT molecular complexity index is 608. The van der Waals surface area contributed by atoms with Gasteiger partial charge in [0.15, 0.2) is 0 Å². The molecule has 1 heterocycles. The molecule has 2 aromatic carbocycles. The summed E-state index contributed by atoms with van der Waals surface area (Å²) in [5, 5.41) is 3.56. The van der Waals surface area contributed by atoms with Crippen LogP contribution >= 0.6 is 0 Å². The summed E-state index contributed by atoms with van der Waals surface area (Å²) in [6.07, 6.45) is 1.19. The van der Waals surface area contributed by atoms with Gasteiger partial charge >= 0.3 is 0 Å². The SMILES string of the molecule is CCN(CCC1(C)CNc2ccccc21)Cc1ccccc1. The van der Waals surface area contributed by atoms with Gasteiger partial charge in [0, 0.05) is 24.2 Å². The number of nitrogens with one attached hydrogen (secondary N) is 1. The summed E-state index contributed by atoms with van der Waals surface area (Å²) in [6.45, 7) is 8.98. The number of nitrogens with zero attached hydrogens (tertiary/aromatic N) is 1. The van der Waals surface area contributed by atoms with Crippen LogP contribution in [0.15, 0.2) is 54.6 Å². The zero-order chi connectivity index (χ0) is 15.4. The van der Waals surface area contributed by atoms with Gasteiger partial charge in [0.2, 0.25) is 0 Å². The summed E-state index contributed by atoms with van der Waals surface area (Å²) in [7, 11) is 0. The van der Waals surface area contributed by atoms with Gasteiger partial charge in [0.05, 0.1) is 0 Å². The Hall–Kier alpha value is -1.80. The van der Waals surface area contributed by atoms with Crippen LogP contribution in [0.25, 0.3) is 0 Å². The van der Waals surface area contributed by atoms with Gasteiger partial charge in [-0.15, -0.1) is 0 Å². The van der Waals surface area contributed by atoms with Crippen LogP contribution in [0, 0.1) is 0 Å². The Balaban J connectivity index is 1.64. The van der Waals surface area contributed by atoms with Gasteiger partial charge < -0.3 is 5.32 Å². The third kappa shape index (κ3) is 3.17. The van der Waals surface area contributed by atoms with E-state index < -0.39 is 0 Å². The highest BCUT2D eigenvalue weighted by atomic mass is 15.1. The molecule has 0 bridgehead atoms. The predicted molar refractivity (Wildman–Crippen MR) is 94.3 cm³/mol. The number of fused-ring (bicyclic) bond motifs is 1. The summed E-state index contributed by atoms with van der Waals surface area (Å²) in [5.74, 6) is 0. The molecular weight excluding hydrogens is 268 g/mol. The number of anilines is 1. The Morgan fingerprint density at radius 1 is 1.05 bits per heavy atom. The first-order valence-corrected chi connectivity index (χ1v) is 8.31. The largest absolute Gasteiger partial charge is 0.384 e. The third-order valence-corrected chi connectivity index (χ3v) is 4.92. The van der Waals surface area contributed by atoms with E-state index in [2.05, 4.69) is 78.7 Å². The molecule has 22 heavy (non-hydrogen) atoms. The third-order valence-electron chi connectivity index (χ3n) is 4.92. The van der Waals surface area contributed by atoms with Crippen LogP contribution in [0.1, 0.15) is 31.4 Å². The van der Waals surface area contributed by atoms with Crippen LogP contribution in [0.2, 0.25) is 0 Å². The molecule has 0 aromatic heterocycles. The molecule has 1 atom stereocenters. The van der Waals surface area contributed by atoms with Crippen molar-refractivity contribution in [2.75, 3.05) is 25.0 Å². The molecule has 2 heteroatoms. The number of para-hydroxylation sites is 1. The summed E-state index contributed by atoms with van der Waals surface area (Å²) in [6, 6.07) is 19.5. The van der Waals surface area contributed by atoms with Crippen LogP contribution in [0.3, 0.4) is 0 Å². The van der Waals surface area contributed by atoms with Crippen molar-refractivity contribution in [1.29, 1.82) is 0 Å². The maximum atomic E-state index is 3.56. The maximum Gasteiger partial charge on any atom is 0.0379 e. The van der Waals surface area contributed by atoms with Gasteiger partial charge in [-0.3, -0.25) is 4.90 Å². The van der Waals surface area contributed by atoms with E-state index in [1.807, 2.05) is 0 Å².